The lowest BCUT2D eigenvalue weighted by atomic mass is 9.83. The predicted octanol–water partition coefficient (Wildman–Crippen LogP) is 4.56. The minimum atomic E-state index is -2.75. The summed E-state index contributed by atoms with van der Waals surface area (Å²) in [6.07, 6.45) is -0.698. The molecule has 3 nitrogen and oxygen atoms in total. The molecule has 0 N–H and O–H groups in total. The normalized spacial score (nSPS) is 27.6. The molecule has 132 valence electrons. The van der Waals surface area contributed by atoms with Gasteiger partial charge in [0.15, 0.2) is 0 Å². The van der Waals surface area contributed by atoms with Crippen molar-refractivity contribution in [3.05, 3.63) is 35.9 Å². The number of hydrogen-bond acceptors (Lipinski definition) is 2. The molecule has 0 aromatic heterocycles. The van der Waals surface area contributed by atoms with Crippen LogP contribution in [0.25, 0.3) is 0 Å². The number of nitrogens with zero attached hydrogens (tertiary/aromatic N) is 1. The van der Waals surface area contributed by atoms with E-state index in [4.69, 9.17) is 4.74 Å². The molecule has 1 amide bonds. The van der Waals surface area contributed by atoms with E-state index < -0.39 is 23.1 Å². The van der Waals surface area contributed by atoms with Crippen LogP contribution in [-0.4, -0.2) is 35.7 Å². The molecule has 0 bridgehead atoms. The first-order valence-electron chi connectivity index (χ1n) is 8.26. The fourth-order valence-corrected chi connectivity index (χ4v) is 3.41. The van der Waals surface area contributed by atoms with Gasteiger partial charge in [-0.3, -0.25) is 0 Å². The molecule has 24 heavy (non-hydrogen) atoms. The molecule has 2 fully saturated rings. The van der Waals surface area contributed by atoms with E-state index in [1.54, 1.807) is 0 Å². The van der Waals surface area contributed by atoms with Gasteiger partial charge in [-0.1, -0.05) is 37.3 Å². The molecule has 1 saturated carbocycles. The van der Waals surface area contributed by atoms with Crippen LogP contribution in [0, 0.1) is 5.41 Å². The number of alkyl halides is 3. The summed E-state index contributed by atoms with van der Waals surface area (Å²) in [5.74, 6) is -2.75. The molecular weight excluding hydrogens is 319 g/mol. The van der Waals surface area contributed by atoms with Crippen molar-refractivity contribution in [2.75, 3.05) is 13.1 Å². The van der Waals surface area contributed by atoms with Crippen molar-refractivity contribution in [3.63, 3.8) is 0 Å². The Morgan fingerprint density at radius 3 is 2.29 bits per heavy atom. The van der Waals surface area contributed by atoms with Gasteiger partial charge < -0.3 is 9.64 Å². The molecule has 2 aliphatic rings. The van der Waals surface area contributed by atoms with Crippen LogP contribution in [0.3, 0.4) is 0 Å². The van der Waals surface area contributed by atoms with E-state index in [0.29, 0.717) is 0 Å². The molecular formula is C18H22F3NO2. The second-order valence-electron chi connectivity index (χ2n) is 7.30. The Labute approximate surface area is 139 Å². The smallest absolute Gasteiger partial charge is 0.410 e. The number of benzene rings is 1. The molecule has 6 heteroatoms. The molecule has 1 aliphatic heterocycles. The average molecular weight is 341 g/mol. The SMILES string of the molecule is CC1(CC2(F)CCN(C(=O)OCc3ccccc3)CC2)CC1(F)F. The molecule has 1 aromatic carbocycles. The van der Waals surface area contributed by atoms with Crippen LogP contribution >= 0.6 is 0 Å². The van der Waals surface area contributed by atoms with Gasteiger partial charge in [0.2, 0.25) is 0 Å². The van der Waals surface area contributed by atoms with Gasteiger partial charge in [0, 0.05) is 24.9 Å². The Morgan fingerprint density at radius 1 is 1.17 bits per heavy atom. The first-order valence-corrected chi connectivity index (χ1v) is 8.26. The lowest BCUT2D eigenvalue weighted by Gasteiger charge is -2.37. The third-order valence-corrected chi connectivity index (χ3v) is 5.20. The summed E-state index contributed by atoms with van der Waals surface area (Å²) in [6.45, 7) is 2.01. The summed E-state index contributed by atoms with van der Waals surface area (Å²) in [7, 11) is 0. The molecule has 1 atom stereocenters. The summed E-state index contributed by atoms with van der Waals surface area (Å²) >= 11 is 0. The summed E-state index contributed by atoms with van der Waals surface area (Å²) in [5.41, 5.74) is -1.96. The fourth-order valence-electron chi connectivity index (χ4n) is 3.41. The number of likely N-dealkylation sites (tertiary alicyclic amines) is 1. The number of ether oxygens (including phenoxy) is 1. The zero-order valence-corrected chi connectivity index (χ0v) is 13.7. The van der Waals surface area contributed by atoms with Crippen molar-refractivity contribution < 1.29 is 22.7 Å². The summed E-state index contributed by atoms with van der Waals surface area (Å²) in [4.78, 5) is 13.5. The summed E-state index contributed by atoms with van der Waals surface area (Å²) in [5, 5.41) is 0. The van der Waals surface area contributed by atoms with Gasteiger partial charge in [0.25, 0.3) is 5.92 Å². The third-order valence-electron chi connectivity index (χ3n) is 5.20. The highest BCUT2D eigenvalue weighted by Gasteiger charge is 2.69. The first-order chi connectivity index (χ1) is 11.2. The Hall–Kier alpha value is -1.72. The van der Waals surface area contributed by atoms with Crippen molar-refractivity contribution in [1.82, 2.24) is 4.90 Å². The third kappa shape index (κ3) is 3.52. The zero-order chi connectivity index (χ0) is 17.4. The molecule has 1 saturated heterocycles. The van der Waals surface area contributed by atoms with Gasteiger partial charge in [0.1, 0.15) is 12.3 Å². The molecule has 1 heterocycles. The van der Waals surface area contributed by atoms with E-state index in [0.717, 1.165) is 5.56 Å². The van der Waals surface area contributed by atoms with Crippen LogP contribution in [0.15, 0.2) is 30.3 Å². The molecule has 3 rings (SSSR count). The number of piperidine rings is 1. The number of rotatable bonds is 4. The lowest BCUT2D eigenvalue weighted by molar-refractivity contribution is -0.00166. The quantitative estimate of drug-likeness (QED) is 0.803. The van der Waals surface area contributed by atoms with Crippen LogP contribution in [-0.2, 0) is 11.3 Å². The molecule has 0 radical (unpaired) electrons. The molecule has 1 aliphatic carbocycles. The Kier molecular flexibility index (Phi) is 4.26. The minimum absolute atomic E-state index is 0.0824. The second kappa shape index (κ2) is 5.97. The zero-order valence-electron chi connectivity index (χ0n) is 13.7. The standard InChI is InChI=1S/C18H22F3NO2/c1-16(13-18(16,20)21)12-17(19)7-9-22(10-8-17)15(23)24-11-14-5-3-2-4-6-14/h2-6H,7-13H2,1H3. The van der Waals surface area contributed by atoms with Gasteiger partial charge in [-0.25, -0.2) is 18.0 Å². The van der Waals surface area contributed by atoms with Crippen molar-refractivity contribution in [2.24, 2.45) is 5.41 Å². The number of halogens is 3. The minimum Gasteiger partial charge on any atom is -0.445 e. The van der Waals surface area contributed by atoms with Crippen LogP contribution in [0.1, 0.15) is 38.2 Å². The Balaban J connectivity index is 1.47. The lowest BCUT2D eigenvalue weighted by Crippen LogP contribution is -2.45. The maximum absolute atomic E-state index is 14.8. The van der Waals surface area contributed by atoms with E-state index in [1.165, 1.54) is 11.8 Å². The van der Waals surface area contributed by atoms with Crippen LogP contribution < -0.4 is 0 Å². The van der Waals surface area contributed by atoms with Gasteiger partial charge in [-0.05, 0) is 24.8 Å². The molecule has 1 aromatic rings. The largest absolute Gasteiger partial charge is 0.445 e. The highest BCUT2D eigenvalue weighted by Crippen LogP contribution is 2.64. The highest BCUT2D eigenvalue weighted by molar-refractivity contribution is 5.67. The predicted molar refractivity (Wildman–Crippen MR) is 83.6 cm³/mol. The molecule has 1 unspecified atom stereocenters. The van der Waals surface area contributed by atoms with E-state index >= 15 is 0 Å². The Morgan fingerprint density at radius 2 is 1.75 bits per heavy atom. The van der Waals surface area contributed by atoms with Crippen molar-refractivity contribution in [3.8, 4) is 0 Å². The van der Waals surface area contributed by atoms with E-state index in [-0.39, 0.29) is 45.4 Å². The number of carbonyl (C=O) groups excluding carboxylic acids is 1. The van der Waals surface area contributed by atoms with Crippen molar-refractivity contribution in [2.45, 2.75) is 50.8 Å². The van der Waals surface area contributed by atoms with Gasteiger partial charge in [-0.15, -0.1) is 0 Å². The maximum atomic E-state index is 14.8. The van der Waals surface area contributed by atoms with Crippen molar-refractivity contribution >= 4 is 6.09 Å². The van der Waals surface area contributed by atoms with Crippen LogP contribution in [0.2, 0.25) is 0 Å². The number of amides is 1. The highest BCUT2D eigenvalue weighted by atomic mass is 19.3. The first kappa shape index (κ1) is 17.1. The topological polar surface area (TPSA) is 29.5 Å². The maximum Gasteiger partial charge on any atom is 0.410 e. The monoisotopic (exact) mass is 341 g/mol. The second-order valence-corrected chi connectivity index (χ2v) is 7.30. The van der Waals surface area contributed by atoms with Gasteiger partial charge >= 0.3 is 6.09 Å². The summed E-state index contributed by atoms with van der Waals surface area (Å²) < 4.78 is 46.7. The van der Waals surface area contributed by atoms with Gasteiger partial charge in [-0.2, -0.15) is 0 Å². The molecule has 0 spiro atoms. The van der Waals surface area contributed by atoms with E-state index in [9.17, 15) is 18.0 Å². The van der Waals surface area contributed by atoms with Gasteiger partial charge in [0.05, 0.1) is 0 Å². The average Bonchev–Trinajstić information content (AvgIpc) is 3.03. The van der Waals surface area contributed by atoms with Crippen LogP contribution in [0.5, 0.6) is 0 Å². The Bertz CT molecular complexity index is 600. The van der Waals surface area contributed by atoms with E-state index in [1.807, 2.05) is 30.3 Å². The van der Waals surface area contributed by atoms with Crippen LogP contribution in [0.4, 0.5) is 18.0 Å². The number of carbonyl (C=O) groups is 1. The van der Waals surface area contributed by atoms with E-state index in [2.05, 4.69) is 0 Å². The van der Waals surface area contributed by atoms with Crippen molar-refractivity contribution in [1.29, 1.82) is 0 Å². The fraction of sp³-hybridized carbons (Fsp3) is 0.611. The summed E-state index contributed by atoms with van der Waals surface area (Å²) in [6, 6.07) is 9.30. The number of hydrogen-bond donors (Lipinski definition) is 0.